The maximum absolute atomic E-state index is 11.6. The van der Waals surface area contributed by atoms with Crippen LogP contribution in [-0.4, -0.2) is 10.8 Å². The minimum Gasteiger partial charge on any atom is -0.292 e. The van der Waals surface area contributed by atoms with Gasteiger partial charge in [0.15, 0.2) is 5.78 Å². The molecule has 0 amide bonds. The first-order chi connectivity index (χ1) is 5.79. The van der Waals surface area contributed by atoms with E-state index in [0.717, 1.165) is 0 Å². The second-order valence-electron chi connectivity index (χ2n) is 3.36. The summed E-state index contributed by atoms with van der Waals surface area (Å²) in [6.45, 7) is 2.01. The van der Waals surface area contributed by atoms with Gasteiger partial charge < -0.3 is 0 Å². The van der Waals surface area contributed by atoms with E-state index in [1.54, 1.807) is 5.51 Å². The number of carbonyl (C=O) groups excluding carboxylic acids is 1. The van der Waals surface area contributed by atoms with Crippen LogP contribution in [0.4, 0.5) is 0 Å². The van der Waals surface area contributed by atoms with Crippen molar-refractivity contribution < 1.29 is 4.79 Å². The summed E-state index contributed by atoms with van der Waals surface area (Å²) in [6, 6.07) is 0. The largest absolute Gasteiger partial charge is 0.292 e. The monoisotopic (exact) mass is 181 g/mol. The highest BCUT2D eigenvalue weighted by molar-refractivity contribution is 7.07. The van der Waals surface area contributed by atoms with Crippen molar-refractivity contribution in [1.29, 1.82) is 0 Å². The third kappa shape index (κ3) is 1.41. The van der Waals surface area contributed by atoms with Crippen LogP contribution in [0.15, 0.2) is 10.9 Å². The number of nitrogens with zero attached hydrogens (tertiary/aromatic N) is 1. The number of Topliss-reactive ketones (excluding diaryl/α,β-unsaturated/α-hetero) is 1. The topological polar surface area (TPSA) is 30.0 Å². The molecule has 64 valence electrons. The van der Waals surface area contributed by atoms with Crippen LogP contribution >= 0.6 is 11.3 Å². The number of thiazole rings is 1. The quantitative estimate of drug-likeness (QED) is 0.670. The Labute approximate surface area is 75.6 Å². The molecule has 2 nitrogen and oxygen atoms in total. The van der Waals surface area contributed by atoms with Crippen molar-refractivity contribution in [3.63, 3.8) is 0 Å². The Hall–Kier alpha value is -0.700. The highest BCUT2D eigenvalue weighted by atomic mass is 32.1. The van der Waals surface area contributed by atoms with E-state index in [1.165, 1.54) is 24.2 Å². The van der Waals surface area contributed by atoms with Crippen molar-refractivity contribution in [3.05, 3.63) is 16.6 Å². The van der Waals surface area contributed by atoms with Crippen molar-refractivity contribution in [1.82, 2.24) is 4.98 Å². The van der Waals surface area contributed by atoms with E-state index in [1.807, 2.05) is 12.3 Å². The average molecular weight is 181 g/mol. The molecule has 3 heteroatoms. The Morgan fingerprint density at radius 2 is 2.50 bits per heavy atom. The zero-order valence-electron chi connectivity index (χ0n) is 6.99. The van der Waals surface area contributed by atoms with Gasteiger partial charge in [0, 0.05) is 11.3 Å². The summed E-state index contributed by atoms with van der Waals surface area (Å²) in [5, 5.41) is 1.83. The van der Waals surface area contributed by atoms with Gasteiger partial charge in [-0.05, 0) is 18.8 Å². The molecule has 1 atom stereocenters. The molecule has 0 radical (unpaired) electrons. The lowest BCUT2D eigenvalue weighted by molar-refractivity contribution is 0.0912. The molecule has 0 aliphatic heterocycles. The number of rotatable bonds is 3. The van der Waals surface area contributed by atoms with Crippen molar-refractivity contribution in [2.24, 2.45) is 11.8 Å². The summed E-state index contributed by atoms with van der Waals surface area (Å²) in [5.74, 6) is 1.05. The molecule has 0 saturated heterocycles. The Morgan fingerprint density at radius 1 is 1.75 bits per heavy atom. The molecule has 1 fully saturated rings. The molecular formula is C9H11NOS. The molecule has 1 aliphatic carbocycles. The van der Waals surface area contributed by atoms with E-state index in [4.69, 9.17) is 0 Å². The van der Waals surface area contributed by atoms with E-state index in [0.29, 0.717) is 11.6 Å². The molecular weight excluding hydrogens is 170 g/mol. The van der Waals surface area contributed by atoms with E-state index in [9.17, 15) is 4.79 Å². The molecule has 0 N–H and O–H groups in total. The van der Waals surface area contributed by atoms with Gasteiger partial charge in [0.2, 0.25) is 0 Å². The lowest BCUT2D eigenvalue weighted by atomic mass is 9.99. The Kier molecular flexibility index (Phi) is 1.97. The Morgan fingerprint density at radius 3 is 3.00 bits per heavy atom. The van der Waals surface area contributed by atoms with Crippen LogP contribution in [0.3, 0.4) is 0 Å². The molecule has 12 heavy (non-hydrogen) atoms. The van der Waals surface area contributed by atoms with Crippen LogP contribution in [0.1, 0.15) is 30.3 Å². The molecule has 0 aromatic carbocycles. The standard InChI is InChI=1S/C9H11NOS/c1-6(7-2-3-7)9(11)8-4-12-5-10-8/h4-7H,2-3H2,1H3. The molecule has 1 saturated carbocycles. The lowest BCUT2D eigenvalue weighted by Crippen LogP contribution is -2.13. The second-order valence-corrected chi connectivity index (χ2v) is 4.08. The highest BCUT2D eigenvalue weighted by Gasteiger charge is 2.33. The molecule has 1 aromatic rings. The van der Waals surface area contributed by atoms with Crippen LogP contribution in [-0.2, 0) is 0 Å². The fourth-order valence-electron chi connectivity index (χ4n) is 1.38. The van der Waals surface area contributed by atoms with Crippen LogP contribution in [0.25, 0.3) is 0 Å². The number of carbonyl (C=O) groups is 1. The molecule has 0 spiro atoms. The molecule has 1 unspecified atom stereocenters. The summed E-state index contributed by atoms with van der Waals surface area (Å²) >= 11 is 1.49. The summed E-state index contributed by atoms with van der Waals surface area (Å²) in [5.41, 5.74) is 2.37. The molecule has 1 aliphatic rings. The zero-order valence-corrected chi connectivity index (χ0v) is 7.80. The van der Waals surface area contributed by atoms with Gasteiger partial charge in [-0.1, -0.05) is 6.92 Å². The first kappa shape index (κ1) is 7.92. The van der Waals surface area contributed by atoms with Gasteiger partial charge in [0.05, 0.1) is 5.51 Å². The maximum atomic E-state index is 11.6. The number of hydrogen-bond donors (Lipinski definition) is 0. The SMILES string of the molecule is CC(C(=O)c1cscn1)C1CC1. The van der Waals surface area contributed by atoms with Gasteiger partial charge in [-0.2, -0.15) is 0 Å². The minimum atomic E-state index is 0.187. The van der Waals surface area contributed by atoms with Gasteiger partial charge in [0.25, 0.3) is 0 Å². The smallest absolute Gasteiger partial charge is 0.185 e. The van der Waals surface area contributed by atoms with Crippen molar-refractivity contribution in [3.8, 4) is 0 Å². The second kappa shape index (κ2) is 2.98. The average Bonchev–Trinajstić information content (AvgIpc) is 2.79. The number of ketones is 1. The predicted molar refractivity (Wildman–Crippen MR) is 48.3 cm³/mol. The fraction of sp³-hybridized carbons (Fsp3) is 0.556. The number of aromatic nitrogens is 1. The molecule has 1 heterocycles. The van der Waals surface area contributed by atoms with E-state index in [2.05, 4.69) is 4.98 Å². The van der Waals surface area contributed by atoms with E-state index < -0.39 is 0 Å². The van der Waals surface area contributed by atoms with Crippen molar-refractivity contribution in [2.45, 2.75) is 19.8 Å². The van der Waals surface area contributed by atoms with Crippen LogP contribution < -0.4 is 0 Å². The highest BCUT2D eigenvalue weighted by Crippen LogP contribution is 2.37. The third-order valence-electron chi connectivity index (χ3n) is 2.43. The maximum Gasteiger partial charge on any atom is 0.185 e. The Balaban J connectivity index is 2.09. The van der Waals surface area contributed by atoms with E-state index >= 15 is 0 Å². The third-order valence-corrected chi connectivity index (χ3v) is 3.01. The number of hydrogen-bond acceptors (Lipinski definition) is 3. The predicted octanol–water partition coefficient (Wildman–Crippen LogP) is 2.37. The van der Waals surface area contributed by atoms with Crippen molar-refractivity contribution >= 4 is 17.1 Å². The van der Waals surface area contributed by atoms with Gasteiger partial charge in [-0.3, -0.25) is 4.79 Å². The Bertz CT molecular complexity index is 277. The summed E-state index contributed by atoms with van der Waals surface area (Å²) < 4.78 is 0. The zero-order chi connectivity index (χ0) is 8.55. The van der Waals surface area contributed by atoms with Gasteiger partial charge in [0.1, 0.15) is 5.69 Å². The fourth-order valence-corrected chi connectivity index (χ4v) is 1.92. The van der Waals surface area contributed by atoms with E-state index in [-0.39, 0.29) is 11.7 Å². The minimum absolute atomic E-state index is 0.187. The van der Waals surface area contributed by atoms with Crippen LogP contribution in [0.5, 0.6) is 0 Å². The molecule has 2 rings (SSSR count). The normalized spacial score (nSPS) is 19.1. The molecule has 1 aromatic heterocycles. The first-order valence-electron chi connectivity index (χ1n) is 4.21. The van der Waals surface area contributed by atoms with Crippen LogP contribution in [0, 0.1) is 11.8 Å². The van der Waals surface area contributed by atoms with Gasteiger partial charge >= 0.3 is 0 Å². The summed E-state index contributed by atoms with van der Waals surface area (Å²) in [4.78, 5) is 15.6. The van der Waals surface area contributed by atoms with Crippen molar-refractivity contribution in [2.75, 3.05) is 0 Å². The summed E-state index contributed by atoms with van der Waals surface area (Å²) in [6.07, 6.45) is 2.44. The lowest BCUT2D eigenvalue weighted by Gasteiger charge is -2.04. The van der Waals surface area contributed by atoms with Gasteiger partial charge in [-0.15, -0.1) is 11.3 Å². The van der Waals surface area contributed by atoms with Gasteiger partial charge in [-0.25, -0.2) is 4.98 Å². The molecule has 0 bridgehead atoms. The summed E-state index contributed by atoms with van der Waals surface area (Å²) in [7, 11) is 0. The van der Waals surface area contributed by atoms with Crippen LogP contribution in [0.2, 0.25) is 0 Å². The first-order valence-corrected chi connectivity index (χ1v) is 5.15.